The van der Waals surface area contributed by atoms with Crippen LogP contribution in [0.3, 0.4) is 0 Å². The molecule has 1 nitrogen and oxygen atoms in total. The van der Waals surface area contributed by atoms with Crippen molar-refractivity contribution in [3.8, 4) is 0 Å². The summed E-state index contributed by atoms with van der Waals surface area (Å²) in [6.07, 6.45) is 7.12. The third-order valence-electron chi connectivity index (χ3n) is 1.49. The first-order chi connectivity index (χ1) is 6.77. The Hall–Kier alpha value is -0.890. The lowest BCUT2D eigenvalue weighted by Gasteiger charge is -1.86. The number of thiazole rings is 1. The van der Waals surface area contributed by atoms with Gasteiger partial charge >= 0.3 is 0 Å². The molecule has 0 amide bonds. The summed E-state index contributed by atoms with van der Waals surface area (Å²) >= 11 is 1.71. The van der Waals surface area contributed by atoms with Gasteiger partial charge in [-0.25, -0.2) is 4.98 Å². The first kappa shape index (κ1) is 13.1. The van der Waals surface area contributed by atoms with E-state index in [1.165, 1.54) is 4.88 Å². The van der Waals surface area contributed by atoms with E-state index in [-0.39, 0.29) is 0 Å². The molecule has 0 aliphatic carbocycles. The standard InChI is InChI=1S/C10H13NS.C2H6/c1-4-6-7-10-9(5-2)11-8(3)12-10;1-2/h5-7H,2,4H2,1,3H3;1-2H3/b7-6-;. The molecule has 0 saturated heterocycles. The quantitative estimate of drug-likeness (QED) is 0.712. The van der Waals surface area contributed by atoms with Crippen molar-refractivity contribution in [2.45, 2.75) is 34.1 Å². The Morgan fingerprint density at radius 1 is 1.43 bits per heavy atom. The van der Waals surface area contributed by atoms with Gasteiger partial charge in [-0.3, -0.25) is 0 Å². The Balaban J connectivity index is 0.000000791. The molecule has 0 aromatic carbocycles. The molecule has 0 saturated carbocycles. The lowest BCUT2D eigenvalue weighted by molar-refractivity contribution is 1.23. The molecule has 0 bridgehead atoms. The third kappa shape index (κ3) is 3.88. The van der Waals surface area contributed by atoms with Crippen LogP contribution >= 0.6 is 11.3 Å². The number of aromatic nitrogens is 1. The number of rotatable bonds is 3. The molecular weight excluding hydrogens is 190 g/mol. The van der Waals surface area contributed by atoms with Gasteiger partial charge in [-0.15, -0.1) is 11.3 Å². The number of hydrogen-bond acceptors (Lipinski definition) is 2. The zero-order valence-electron chi connectivity index (χ0n) is 9.50. The van der Waals surface area contributed by atoms with Crippen LogP contribution in [0.25, 0.3) is 12.2 Å². The topological polar surface area (TPSA) is 12.9 Å². The zero-order valence-corrected chi connectivity index (χ0v) is 10.3. The summed E-state index contributed by atoms with van der Waals surface area (Å²) in [6.45, 7) is 11.9. The molecule has 1 aromatic rings. The molecule has 78 valence electrons. The summed E-state index contributed by atoms with van der Waals surface area (Å²) in [5, 5.41) is 1.10. The smallest absolute Gasteiger partial charge is 0.0907 e. The van der Waals surface area contributed by atoms with Crippen molar-refractivity contribution in [2.24, 2.45) is 0 Å². The molecule has 2 heteroatoms. The maximum Gasteiger partial charge on any atom is 0.0907 e. The Labute approximate surface area is 91.2 Å². The van der Waals surface area contributed by atoms with Crippen molar-refractivity contribution in [3.63, 3.8) is 0 Å². The van der Waals surface area contributed by atoms with Crippen LogP contribution in [0.1, 0.15) is 42.8 Å². The summed E-state index contributed by atoms with van der Waals surface area (Å²) in [6, 6.07) is 0. The predicted octanol–water partition coefficient (Wildman–Crippen LogP) is 4.54. The van der Waals surface area contributed by atoms with E-state index in [0.29, 0.717) is 0 Å². The van der Waals surface area contributed by atoms with E-state index in [1.54, 1.807) is 17.4 Å². The Morgan fingerprint density at radius 3 is 2.57 bits per heavy atom. The molecule has 1 aromatic heterocycles. The van der Waals surface area contributed by atoms with Gasteiger partial charge in [0.05, 0.1) is 15.6 Å². The monoisotopic (exact) mass is 209 g/mol. The normalized spacial score (nSPS) is 9.71. The van der Waals surface area contributed by atoms with Crippen molar-refractivity contribution in [1.82, 2.24) is 4.98 Å². The van der Waals surface area contributed by atoms with Crippen LogP contribution in [0.2, 0.25) is 0 Å². The maximum absolute atomic E-state index is 4.33. The Kier molecular flexibility index (Phi) is 7.03. The molecular formula is C12H19NS. The SMILES string of the molecule is C=Cc1nc(C)sc1/C=C\CC.CC. The van der Waals surface area contributed by atoms with Gasteiger partial charge in [0.25, 0.3) is 0 Å². The van der Waals surface area contributed by atoms with Crippen LogP contribution < -0.4 is 0 Å². The van der Waals surface area contributed by atoms with Gasteiger partial charge in [0.15, 0.2) is 0 Å². The second kappa shape index (κ2) is 7.51. The highest BCUT2D eigenvalue weighted by Gasteiger charge is 2.00. The lowest BCUT2D eigenvalue weighted by Crippen LogP contribution is -1.73. The predicted molar refractivity (Wildman–Crippen MR) is 67.6 cm³/mol. The summed E-state index contributed by atoms with van der Waals surface area (Å²) in [7, 11) is 0. The van der Waals surface area contributed by atoms with Crippen molar-refractivity contribution in [3.05, 3.63) is 28.2 Å². The molecule has 0 unspecified atom stereocenters. The Bertz CT molecular complexity index is 297. The first-order valence-corrected chi connectivity index (χ1v) is 5.86. The van der Waals surface area contributed by atoms with Gasteiger partial charge in [0, 0.05) is 0 Å². The number of allylic oxidation sites excluding steroid dienone is 1. The fraction of sp³-hybridized carbons (Fsp3) is 0.417. The van der Waals surface area contributed by atoms with Gasteiger partial charge in [0.2, 0.25) is 0 Å². The molecule has 1 heterocycles. The minimum absolute atomic E-state index is 1.00. The van der Waals surface area contributed by atoms with Crippen molar-refractivity contribution in [2.75, 3.05) is 0 Å². The van der Waals surface area contributed by atoms with Crippen LogP contribution in [-0.2, 0) is 0 Å². The molecule has 1 rings (SSSR count). The van der Waals surface area contributed by atoms with Crippen LogP contribution in [0.4, 0.5) is 0 Å². The Morgan fingerprint density at radius 2 is 2.07 bits per heavy atom. The van der Waals surface area contributed by atoms with Gasteiger partial charge < -0.3 is 0 Å². The highest BCUT2D eigenvalue weighted by Crippen LogP contribution is 2.20. The average molecular weight is 209 g/mol. The van der Waals surface area contributed by atoms with Crippen molar-refractivity contribution >= 4 is 23.5 Å². The molecule has 0 atom stereocenters. The number of aryl methyl sites for hydroxylation is 1. The first-order valence-electron chi connectivity index (χ1n) is 5.04. The summed E-state index contributed by atoms with van der Waals surface area (Å²) < 4.78 is 0. The summed E-state index contributed by atoms with van der Waals surface area (Å²) in [5.41, 5.74) is 1.00. The molecule has 0 N–H and O–H groups in total. The van der Waals surface area contributed by atoms with Crippen molar-refractivity contribution < 1.29 is 0 Å². The summed E-state index contributed by atoms with van der Waals surface area (Å²) in [5.74, 6) is 0. The zero-order chi connectivity index (χ0) is 11.0. The molecule has 0 aliphatic heterocycles. The fourth-order valence-corrected chi connectivity index (χ4v) is 1.81. The van der Waals surface area contributed by atoms with Crippen LogP contribution in [0.5, 0.6) is 0 Å². The molecule has 0 fully saturated rings. The van der Waals surface area contributed by atoms with E-state index < -0.39 is 0 Å². The van der Waals surface area contributed by atoms with E-state index in [2.05, 4.69) is 30.6 Å². The van der Waals surface area contributed by atoms with Crippen LogP contribution in [0.15, 0.2) is 12.7 Å². The van der Waals surface area contributed by atoms with Gasteiger partial charge in [-0.05, 0) is 25.5 Å². The minimum Gasteiger partial charge on any atom is -0.242 e. The molecule has 0 aliphatic rings. The van der Waals surface area contributed by atoms with Gasteiger partial charge in [-0.2, -0.15) is 0 Å². The average Bonchev–Trinajstić information content (AvgIpc) is 2.59. The second-order valence-electron chi connectivity index (χ2n) is 2.50. The van der Waals surface area contributed by atoms with Crippen LogP contribution in [0, 0.1) is 6.92 Å². The largest absolute Gasteiger partial charge is 0.242 e. The lowest BCUT2D eigenvalue weighted by atomic mass is 10.3. The highest BCUT2D eigenvalue weighted by molar-refractivity contribution is 7.12. The number of hydrogen-bond donors (Lipinski definition) is 0. The van der Waals surface area contributed by atoms with E-state index in [4.69, 9.17) is 0 Å². The fourth-order valence-electron chi connectivity index (χ4n) is 0.949. The maximum atomic E-state index is 4.33. The second-order valence-corrected chi connectivity index (χ2v) is 3.73. The van der Waals surface area contributed by atoms with Crippen molar-refractivity contribution in [1.29, 1.82) is 0 Å². The van der Waals surface area contributed by atoms with E-state index in [1.807, 2.05) is 20.8 Å². The molecule has 0 spiro atoms. The number of nitrogens with zero attached hydrogens (tertiary/aromatic N) is 1. The molecule has 0 radical (unpaired) electrons. The highest BCUT2D eigenvalue weighted by atomic mass is 32.1. The van der Waals surface area contributed by atoms with E-state index in [0.717, 1.165) is 17.1 Å². The minimum atomic E-state index is 1.00. The van der Waals surface area contributed by atoms with E-state index in [9.17, 15) is 0 Å². The third-order valence-corrected chi connectivity index (χ3v) is 2.44. The van der Waals surface area contributed by atoms with E-state index >= 15 is 0 Å². The molecule has 14 heavy (non-hydrogen) atoms. The van der Waals surface area contributed by atoms with Crippen LogP contribution in [-0.4, -0.2) is 4.98 Å². The van der Waals surface area contributed by atoms with Gasteiger partial charge in [0.1, 0.15) is 0 Å². The summed E-state index contributed by atoms with van der Waals surface area (Å²) in [4.78, 5) is 5.54. The van der Waals surface area contributed by atoms with Gasteiger partial charge in [-0.1, -0.05) is 33.4 Å².